The van der Waals surface area contributed by atoms with E-state index < -0.39 is 17.6 Å². The predicted octanol–water partition coefficient (Wildman–Crippen LogP) is 2.73. The molecule has 3 aromatic rings. The van der Waals surface area contributed by atoms with Crippen molar-refractivity contribution in [3.05, 3.63) is 59.9 Å². The molecular weight excluding hydrogens is 392 g/mol. The lowest BCUT2D eigenvalue weighted by Gasteiger charge is -2.52. The van der Waals surface area contributed by atoms with Gasteiger partial charge in [0.15, 0.2) is 5.72 Å². The number of benzene rings is 2. The second-order valence-electron chi connectivity index (χ2n) is 8.67. The number of piperidine rings is 1. The largest absolute Gasteiger partial charge is 0.468 e. The van der Waals surface area contributed by atoms with Gasteiger partial charge >= 0.3 is 0 Å². The Hall–Kier alpha value is -3.35. The fraction of sp³-hybridized carbons (Fsp3) is 0.375. The smallest absolute Gasteiger partial charge is 0.238 e. The van der Waals surface area contributed by atoms with Crippen molar-refractivity contribution in [1.29, 1.82) is 0 Å². The fourth-order valence-electron chi connectivity index (χ4n) is 5.19. The molecule has 1 aromatic heterocycles. The molecule has 160 valence electrons. The van der Waals surface area contributed by atoms with E-state index in [1.807, 2.05) is 62.5 Å². The first-order chi connectivity index (χ1) is 14.9. The average molecular weight is 418 g/mol. The SMILES string of the molecule is Cn1c(CCCN2C(=O)C(C(N)=O)C3CC2(C)Oc2ccccc23)nc2ccccc21. The summed E-state index contributed by atoms with van der Waals surface area (Å²) in [4.78, 5) is 32.1. The summed E-state index contributed by atoms with van der Waals surface area (Å²) < 4.78 is 8.40. The number of hydrogen-bond donors (Lipinski definition) is 1. The lowest BCUT2D eigenvalue weighted by Crippen LogP contribution is -2.64. The molecule has 7 heteroatoms. The van der Waals surface area contributed by atoms with Crippen molar-refractivity contribution in [2.24, 2.45) is 18.7 Å². The Balaban J connectivity index is 1.40. The van der Waals surface area contributed by atoms with E-state index in [1.54, 1.807) is 4.90 Å². The van der Waals surface area contributed by atoms with Gasteiger partial charge in [0.2, 0.25) is 11.8 Å². The van der Waals surface area contributed by atoms with Gasteiger partial charge in [-0.25, -0.2) is 4.98 Å². The standard InChI is InChI=1S/C24H26N4O3/c1-24-14-16(15-8-3-6-11-19(15)31-24)21(22(25)29)23(30)28(24)13-7-12-20-26-17-9-4-5-10-18(17)27(20)2/h3-6,8-11,16,21H,7,12-14H2,1-2H3,(H2,25,29). The van der Waals surface area contributed by atoms with E-state index >= 15 is 0 Å². The number of nitrogens with zero attached hydrogens (tertiary/aromatic N) is 3. The third-order valence-corrected chi connectivity index (χ3v) is 6.72. The van der Waals surface area contributed by atoms with Gasteiger partial charge in [0.1, 0.15) is 17.5 Å². The zero-order valence-corrected chi connectivity index (χ0v) is 17.7. The molecule has 1 fully saturated rings. The zero-order chi connectivity index (χ0) is 21.8. The molecule has 7 nitrogen and oxygen atoms in total. The number of aryl methyl sites for hydroxylation is 2. The van der Waals surface area contributed by atoms with Crippen LogP contribution in [0.1, 0.15) is 37.1 Å². The van der Waals surface area contributed by atoms with Gasteiger partial charge in [-0.05, 0) is 37.1 Å². The summed E-state index contributed by atoms with van der Waals surface area (Å²) in [6.07, 6.45) is 1.97. The van der Waals surface area contributed by atoms with Crippen LogP contribution in [-0.2, 0) is 23.1 Å². The molecule has 2 amide bonds. The molecule has 0 saturated carbocycles. The van der Waals surface area contributed by atoms with Gasteiger partial charge in [-0.1, -0.05) is 30.3 Å². The van der Waals surface area contributed by atoms with Crippen LogP contribution in [0.3, 0.4) is 0 Å². The summed E-state index contributed by atoms with van der Waals surface area (Å²) in [6, 6.07) is 15.6. The molecule has 2 N–H and O–H groups in total. The average Bonchev–Trinajstić information content (AvgIpc) is 3.06. The third kappa shape index (κ3) is 3.07. The summed E-state index contributed by atoms with van der Waals surface area (Å²) in [7, 11) is 2.01. The monoisotopic (exact) mass is 418 g/mol. The molecule has 3 atom stereocenters. The Bertz CT molecular complexity index is 1190. The van der Waals surface area contributed by atoms with Crippen molar-refractivity contribution >= 4 is 22.8 Å². The van der Waals surface area contributed by atoms with E-state index in [9.17, 15) is 9.59 Å². The van der Waals surface area contributed by atoms with Gasteiger partial charge in [-0.3, -0.25) is 9.59 Å². The Morgan fingerprint density at radius 1 is 1.23 bits per heavy atom. The van der Waals surface area contributed by atoms with Crippen LogP contribution in [0.4, 0.5) is 0 Å². The molecule has 2 aliphatic rings. The number of rotatable bonds is 5. The highest BCUT2D eigenvalue weighted by atomic mass is 16.5. The molecule has 31 heavy (non-hydrogen) atoms. The number of carbonyl (C=O) groups is 2. The fourth-order valence-corrected chi connectivity index (χ4v) is 5.19. The van der Waals surface area contributed by atoms with Crippen LogP contribution in [0.5, 0.6) is 5.75 Å². The molecule has 2 aromatic carbocycles. The number of nitrogens with two attached hydrogens (primary N) is 1. The summed E-state index contributed by atoms with van der Waals surface area (Å²) in [6.45, 7) is 2.40. The summed E-state index contributed by atoms with van der Waals surface area (Å²) >= 11 is 0. The van der Waals surface area contributed by atoms with Crippen LogP contribution in [0.15, 0.2) is 48.5 Å². The molecule has 0 radical (unpaired) electrons. The summed E-state index contributed by atoms with van der Waals surface area (Å²) in [5.74, 6) is -0.250. The van der Waals surface area contributed by atoms with E-state index in [0.29, 0.717) is 25.8 Å². The second-order valence-corrected chi connectivity index (χ2v) is 8.67. The quantitative estimate of drug-likeness (QED) is 0.645. The first-order valence-corrected chi connectivity index (χ1v) is 10.7. The highest BCUT2D eigenvalue weighted by Gasteiger charge is 2.55. The predicted molar refractivity (Wildman–Crippen MR) is 116 cm³/mol. The van der Waals surface area contributed by atoms with Gasteiger partial charge in [0, 0.05) is 32.4 Å². The van der Waals surface area contributed by atoms with Crippen molar-refractivity contribution < 1.29 is 14.3 Å². The minimum atomic E-state index is -0.867. The van der Waals surface area contributed by atoms with Crippen LogP contribution in [0.25, 0.3) is 11.0 Å². The minimum absolute atomic E-state index is 0.245. The van der Waals surface area contributed by atoms with Crippen LogP contribution in [0, 0.1) is 5.92 Å². The molecule has 3 heterocycles. The Morgan fingerprint density at radius 3 is 2.74 bits per heavy atom. The Morgan fingerprint density at radius 2 is 1.97 bits per heavy atom. The molecule has 3 unspecified atom stereocenters. The van der Waals surface area contributed by atoms with Gasteiger partial charge in [-0.15, -0.1) is 0 Å². The molecule has 0 aliphatic carbocycles. The molecule has 2 aliphatic heterocycles. The maximum Gasteiger partial charge on any atom is 0.238 e. The van der Waals surface area contributed by atoms with E-state index in [-0.39, 0.29) is 11.8 Å². The first kappa shape index (κ1) is 19.6. The van der Waals surface area contributed by atoms with Crippen molar-refractivity contribution in [3.63, 3.8) is 0 Å². The Kier molecular flexibility index (Phi) is 4.50. The summed E-state index contributed by atoms with van der Waals surface area (Å²) in [5, 5.41) is 0. The van der Waals surface area contributed by atoms with E-state index in [1.165, 1.54) is 0 Å². The van der Waals surface area contributed by atoms with Crippen LogP contribution in [0.2, 0.25) is 0 Å². The topological polar surface area (TPSA) is 90.5 Å². The number of ether oxygens (including phenoxy) is 1. The summed E-state index contributed by atoms with van der Waals surface area (Å²) in [5.41, 5.74) is 7.83. The lowest BCUT2D eigenvalue weighted by molar-refractivity contribution is -0.175. The number of carbonyl (C=O) groups excluding carboxylic acids is 2. The van der Waals surface area contributed by atoms with E-state index in [2.05, 4.69) is 4.57 Å². The van der Waals surface area contributed by atoms with Crippen LogP contribution >= 0.6 is 0 Å². The minimum Gasteiger partial charge on any atom is -0.468 e. The van der Waals surface area contributed by atoms with Gasteiger partial charge in [-0.2, -0.15) is 0 Å². The van der Waals surface area contributed by atoms with Gasteiger partial charge < -0.3 is 19.9 Å². The molecular formula is C24H26N4O3. The van der Waals surface area contributed by atoms with E-state index in [4.69, 9.17) is 15.5 Å². The van der Waals surface area contributed by atoms with Gasteiger partial charge in [0.25, 0.3) is 0 Å². The molecule has 1 saturated heterocycles. The Labute approximate surface area is 180 Å². The number of aromatic nitrogens is 2. The second kappa shape index (κ2) is 7.11. The van der Waals surface area contributed by atoms with Gasteiger partial charge in [0.05, 0.1) is 11.0 Å². The molecule has 0 spiro atoms. The maximum absolute atomic E-state index is 13.4. The highest BCUT2D eigenvalue weighted by Crippen LogP contribution is 2.50. The van der Waals surface area contributed by atoms with Crippen molar-refractivity contribution in [3.8, 4) is 5.75 Å². The third-order valence-electron chi connectivity index (χ3n) is 6.72. The normalized spacial score (nSPS) is 24.7. The van der Waals surface area contributed by atoms with Crippen molar-refractivity contribution in [2.75, 3.05) is 6.54 Å². The first-order valence-electron chi connectivity index (χ1n) is 10.7. The number of likely N-dealkylation sites (tertiary alicyclic amines) is 1. The molecule has 2 bridgehead atoms. The number of para-hydroxylation sites is 3. The number of imidazole rings is 1. The number of fused-ring (bicyclic) bond motifs is 5. The highest BCUT2D eigenvalue weighted by molar-refractivity contribution is 6.01. The maximum atomic E-state index is 13.4. The van der Waals surface area contributed by atoms with Crippen molar-refractivity contribution in [1.82, 2.24) is 14.5 Å². The number of primary amides is 1. The molecule has 5 rings (SSSR count). The lowest BCUT2D eigenvalue weighted by atomic mass is 9.73. The number of hydrogen-bond acceptors (Lipinski definition) is 4. The number of amides is 2. The van der Waals surface area contributed by atoms with Crippen LogP contribution in [-0.4, -0.2) is 38.5 Å². The zero-order valence-electron chi connectivity index (χ0n) is 17.7. The van der Waals surface area contributed by atoms with E-state index in [0.717, 1.165) is 28.2 Å². The van der Waals surface area contributed by atoms with Crippen LogP contribution < -0.4 is 10.5 Å². The van der Waals surface area contributed by atoms with Crippen molar-refractivity contribution in [2.45, 2.75) is 37.8 Å².